The van der Waals surface area contributed by atoms with Crippen LogP contribution in [0.25, 0.3) is 0 Å². The molecular formula is C34H70O3P+. The van der Waals surface area contributed by atoms with E-state index in [1.165, 1.54) is 180 Å². The van der Waals surface area contributed by atoms with Gasteiger partial charge >= 0.3 is 8.25 Å². The Morgan fingerprint density at radius 1 is 0.316 bits per heavy atom. The van der Waals surface area contributed by atoms with E-state index in [0.717, 1.165) is 12.8 Å². The van der Waals surface area contributed by atoms with Gasteiger partial charge in [0.1, 0.15) is 13.2 Å². The molecule has 0 aromatic carbocycles. The molecule has 4 heteroatoms. The van der Waals surface area contributed by atoms with E-state index in [9.17, 15) is 4.57 Å². The van der Waals surface area contributed by atoms with Crippen molar-refractivity contribution in [3.8, 4) is 0 Å². The number of unbranched alkanes of at least 4 members (excludes halogenated alkanes) is 28. The Kier molecular flexibility index (Phi) is 35.1. The van der Waals surface area contributed by atoms with Crippen LogP contribution in [0.3, 0.4) is 0 Å². The predicted octanol–water partition coefficient (Wildman–Crippen LogP) is 13.4. The third-order valence-electron chi connectivity index (χ3n) is 7.89. The van der Waals surface area contributed by atoms with Crippen molar-refractivity contribution in [3.63, 3.8) is 0 Å². The Morgan fingerprint density at radius 3 is 0.711 bits per heavy atom. The molecular weight excluding hydrogens is 487 g/mol. The summed E-state index contributed by atoms with van der Waals surface area (Å²) >= 11 is 0. The summed E-state index contributed by atoms with van der Waals surface area (Å²) in [6.45, 7) is 5.72. The number of rotatable bonds is 34. The van der Waals surface area contributed by atoms with Crippen molar-refractivity contribution in [1.82, 2.24) is 0 Å². The summed E-state index contributed by atoms with van der Waals surface area (Å²) in [7, 11) is -1.92. The Balaban J connectivity index is 3.14. The van der Waals surface area contributed by atoms with E-state index >= 15 is 0 Å². The maximum atomic E-state index is 11.8. The molecule has 0 amide bonds. The zero-order valence-corrected chi connectivity index (χ0v) is 27.2. The first-order chi connectivity index (χ1) is 18.8. The first kappa shape index (κ1) is 38.0. The molecule has 0 aromatic heterocycles. The van der Waals surface area contributed by atoms with E-state index in [1.54, 1.807) is 0 Å². The molecule has 0 saturated heterocycles. The first-order valence-corrected chi connectivity index (χ1v) is 18.6. The van der Waals surface area contributed by atoms with E-state index in [1.807, 2.05) is 0 Å². The van der Waals surface area contributed by atoms with Gasteiger partial charge in [-0.1, -0.05) is 194 Å². The highest BCUT2D eigenvalue weighted by atomic mass is 31.1. The van der Waals surface area contributed by atoms with Crippen molar-refractivity contribution >= 4 is 8.25 Å². The van der Waals surface area contributed by atoms with E-state index in [4.69, 9.17) is 9.05 Å². The lowest BCUT2D eigenvalue weighted by Crippen LogP contribution is -1.92. The van der Waals surface area contributed by atoms with E-state index in [-0.39, 0.29) is 0 Å². The molecule has 0 fully saturated rings. The summed E-state index contributed by atoms with van der Waals surface area (Å²) in [4.78, 5) is 0. The summed E-state index contributed by atoms with van der Waals surface area (Å²) < 4.78 is 22.6. The minimum absolute atomic E-state index is 0.576. The summed E-state index contributed by atoms with van der Waals surface area (Å²) in [5.41, 5.74) is 0. The average molecular weight is 558 g/mol. The minimum Gasteiger partial charge on any atom is -0.119 e. The summed E-state index contributed by atoms with van der Waals surface area (Å²) in [5, 5.41) is 0. The van der Waals surface area contributed by atoms with Crippen molar-refractivity contribution < 1.29 is 13.6 Å². The average Bonchev–Trinajstić information content (AvgIpc) is 2.92. The molecule has 0 aliphatic heterocycles. The van der Waals surface area contributed by atoms with Crippen LogP contribution in [0.15, 0.2) is 0 Å². The zero-order valence-electron chi connectivity index (χ0n) is 26.3. The zero-order chi connectivity index (χ0) is 27.6. The molecule has 0 heterocycles. The van der Waals surface area contributed by atoms with Gasteiger partial charge in [0.05, 0.1) is 0 Å². The predicted molar refractivity (Wildman–Crippen MR) is 169 cm³/mol. The largest absolute Gasteiger partial charge is 0.697 e. The number of hydrogen-bond donors (Lipinski definition) is 0. The van der Waals surface area contributed by atoms with E-state index < -0.39 is 8.25 Å². The molecule has 0 aliphatic carbocycles. The van der Waals surface area contributed by atoms with Crippen molar-refractivity contribution in [2.75, 3.05) is 13.2 Å². The minimum atomic E-state index is -1.92. The van der Waals surface area contributed by atoms with Crippen LogP contribution in [-0.4, -0.2) is 13.2 Å². The van der Waals surface area contributed by atoms with Gasteiger partial charge in [0.25, 0.3) is 0 Å². The Labute approximate surface area is 241 Å². The van der Waals surface area contributed by atoms with Crippen LogP contribution in [-0.2, 0) is 13.6 Å². The Morgan fingerprint density at radius 2 is 0.500 bits per heavy atom. The molecule has 38 heavy (non-hydrogen) atoms. The SMILES string of the molecule is CCCCCCCCCCCCCCCCCCO[P+](=O)OCCCCCCCCCCCCCCCC. The molecule has 0 rings (SSSR count). The molecule has 3 nitrogen and oxygen atoms in total. The normalized spacial score (nSPS) is 11.9. The van der Waals surface area contributed by atoms with Crippen LogP contribution in [0.2, 0.25) is 0 Å². The summed E-state index contributed by atoms with van der Waals surface area (Å²) in [6, 6.07) is 0. The quantitative estimate of drug-likeness (QED) is 0.0583. The molecule has 228 valence electrons. The van der Waals surface area contributed by atoms with Crippen LogP contribution in [0.1, 0.15) is 206 Å². The van der Waals surface area contributed by atoms with Gasteiger partial charge in [-0.3, -0.25) is 0 Å². The van der Waals surface area contributed by atoms with Crippen molar-refractivity contribution in [2.24, 2.45) is 0 Å². The fraction of sp³-hybridized carbons (Fsp3) is 1.00. The lowest BCUT2D eigenvalue weighted by Gasteiger charge is -2.03. The van der Waals surface area contributed by atoms with Gasteiger partial charge in [0, 0.05) is 4.57 Å². The molecule has 0 spiro atoms. The van der Waals surface area contributed by atoms with Crippen molar-refractivity contribution in [3.05, 3.63) is 0 Å². The van der Waals surface area contributed by atoms with Gasteiger partial charge in [-0.15, -0.1) is 9.05 Å². The lowest BCUT2D eigenvalue weighted by molar-refractivity contribution is 0.218. The third-order valence-corrected chi connectivity index (χ3v) is 8.68. The van der Waals surface area contributed by atoms with Gasteiger partial charge in [-0.05, 0) is 12.8 Å². The fourth-order valence-electron chi connectivity index (χ4n) is 5.26. The van der Waals surface area contributed by atoms with Crippen molar-refractivity contribution in [2.45, 2.75) is 206 Å². The Hall–Kier alpha value is 0.0200. The molecule has 0 aromatic rings. The molecule has 0 radical (unpaired) electrons. The highest BCUT2D eigenvalue weighted by Gasteiger charge is 2.18. The second-order valence-electron chi connectivity index (χ2n) is 11.8. The molecule has 0 N–H and O–H groups in total. The smallest absolute Gasteiger partial charge is 0.119 e. The van der Waals surface area contributed by atoms with Crippen molar-refractivity contribution in [1.29, 1.82) is 0 Å². The Bertz CT molecular complexity index is 443. The van der Waals surface area contributed by atoms with Gasteiger partial charge in [0.15, 0.2) is 0 Å². The highest BCUT2D eigenvalue weighted by molar-refractivity contribution is 7.33. The maximum Gasteiger partial charge on any atom is 0.697 e. The van der Waals surface area contributed by atoms with Crippen LogP contribution in [0.4, 0.5) is 0 Å². The standard InChI is InChI=1S/C34H70O3P/c1-3-5-7-9-11-13-15-17-19-20-22-24-26-28-30-32-34-37-38(35)36-33-31-29-27-25-23-21-18-16-14-12-10-8-6-4-2/h3-34H2,1-2H3/q+1. The second-order valence-corrected chi connectivity index (χ2v) is 12.8. The highest BCUT2D eigenvalue weighted by Crippen LogP contribution is 2.25. The summed E-state index contributed by atoms with van der Waals surface area (Å²) in [5.74, 6) is 0. The topological polar surface area (TPSA) is 35.5 Å². The molecule has 1 atom stereocenters. The third kappa shape index (κ3) is 34.0. The second kappa shape index (κ2) is 35.0. The molecule has 1 unspecified atom stereocenters. The van der Waals surface area contributed by atoms with Gasteiger partial charge in [0.2, 0.25) is 0 Å². The molecule has 0 aliphatic rings. The summed E-state index contributed by atoms with van der Waals surface area (Å²) in [6.07, 6.45) is 40.7. The van der Waals surface area contributed by atoms with E-state index in [2.05, 4.69) is 13.8 Å². The molecule has 0 saturated carbocycles. The van der Waals surface area contributed by atoms with Crippen LogP contribution in [0.5, 0.6) is 0 Å². The maximum absolute atomic E-state index is 11.8. The van der Waals surface area contributed by atoms with Crippen LogP contribution in [0, 0.1) is 0 Å². The van der Waals surface area contributed by atoms with Crippen LogP contribution < -0.4 is 0 Å². The lowest BCUT2D eigenvalue weighted by atomic mass is 10.0. The van der Waals surface area contributed by atoms with Gasteiger partial charge in [-0.25, -0.2) is 0 Å². The van der Waals surface area contributed by atoms with Gasteiger partial charge < -0.3 is 0 Å². The van der Waals surface area contributed by atoms with Gasteiger partial charge in [-0.2, -0.15) is 0 Å². The molecule has 0 bridgehead atoms. The fourth-order valence-corrected chi connectivity index (χ4v) is 5.89. The first-order valence-electron chi connectivity index (χ1n) is 17.5. The monoisotopic (exact) mass is 558 g/mol. The number of hydrogen-bond acceptors (Lipinski definition) is 3. The van der Waals surface area contributed by atoms with E-state index in [0.29, 0.717) is 13.2 Å². The van der Waals surface area contributed by atoms with Crippen LogP contribution >= 0.6 is 8.25 Å².